The van der Waals surface area contributed by atoms with Crippen LogP contribution in [0.25, 0.3) is 123 Å². The molecule has 70 heavy (non-hydrogen) atoms. The normalized spacial score (nSPS) is 11.1. The van der Waals surface area contributed by atoms with E-state index in [0.29, 0.717) is 11.6 Å². The van der Waals surface area contributed by atoms with Gasteiger partial charge < -0.3 is 0 Å². The summed E-state index contributed by atoms with van der Waals surface area (Å²) in [5, 5.41) is 2.14. The number of hydrogen-bond acceptors (Lipinski definition) is 4. The molecule has 2 heterocycles. The van der Waals surface area contributed by atoms with Gasteiger partial charge in [-0.25, -0.2) is 19.9 Å². The van der Waals surface area contributed by atoms with Crippen molar-refractivity contribution < 1.29 is 0 Å². The summed E-state index contributed by atoms with van der Waals surface area (Å²) < 4.78 is 0. The Hall–Kier alpha value is -9.38. The standard InChI is InChI=1S/C66H44N4/c1-5-19-45(20-6-1)53-27-13-15-29-55(53)47-35-39-51(40-36-47)65-67-61(49-23-9-3-10-24-49)43-63(69-65)59-33-17-32-58-57(59)31-18-34-60(58)64-44-62(50-25-11-4-12-26-50)68-66(70-64)52-41-37-48(38-42-52)56-30-16-14-28-54(56)46-21-7-2-8-22-46/h1-44H. The first-order chi connectivity index (χ1) is 34.7. The maximum atomic E-state index is 5.34. The SMILES string of the molecule is c1ccc(-c2cc(-c3cccc4c(-c5cc(-c6ccccc6)nc(-c6ccc(-c7ccccc7-c7ccccc7)cc6)n5)cccc34)nc(-c3ccc(-c4ccccc4-c4ccccc4)cc3)n2)cc1. The Morgan fingerprint density at radius 3 is 0.771 bits per heavy atom. The van der Waals surface area contributed by atoms with Gasteiger partial charge in [0.1, 0.15) is 0 Å². The minimum absolute atomic E-state index is 0.662. The van der Waals surface area contributed by atoms with E-state index in [9.17, 15) is 0 Å². The first kappa shape index (κ1) is 42.0. The highest BCUT2D eigenvalue weighted by molar-refractivity contribution is 6.04. The number of nitrogens with zero attached hydrogens (tertiary/aromatic N) is 4. The summed E-state index contributed by atoms with van der Waals surface area (Å²) in [6, 6.07) is 93.4. The molecule has 0 radical (unpaired) electrons. The van der Waals surface area contributed by atoms with Crippen molar-refractivity contribution in [3.8, 4) is 112 Å². The fourth-order valence-corrected chi connectivity index (χ4v) is 9.51. The Morgan fingerprint density at radius 1 is 0.171 bits per heavy atom. The van der Waals surface area contributed by atoms with Crippen LogP contribution >= 0.6 is 0 Å². The minimum atomic E-state index is 0.662. The van der Waals surface area contributed by atoms with E-state index in [2.05, 4.69) is 255 Å². The third kappa shape index (κ3) is 8.36. The largest absolute Gasteiger partial charge is 0.228 e. The molecule has 0 bridgehead atoms. The van der Waals surface area contributed by atoms with Crippen molar-refractivity contribution in [1.82, 2.24) is 19.9 Å². The Morgan fingerprint density at radius 2 is 0.429 bits per heavy atom. The smallest absolute Gasteiger partial charge is 0.160 e. The average molecular weight is 893 g/mol. The summed E-state index contributed by atoms with van der Waals surface area (Å²) in [5.41, 5.74) is 18.7. The quantitative estimate of drug-likeness (QED) is 0.137. The highest BCUT2D eigenvalue weighted by Gasteiger charge is 2.18. The first-order valence-corrected chi connectivity index (χ1v) is 23.6. The van der Waals surface area contributed by atoms with Crippen LogP contribution in [0.5, 0.6) is 0 Å². The third-order valence-electron chi connectivity index (χ3n) is 13.0. The molecule has 0 aliphatic carbocycles. The van der Waals surface area contributed by atoms with Gasteiger partial charge in [-0.1, -0.05) is 255 Å². The molecule has 0 saturated carbocycles. The molecule has 0 N–H and O–H groups in total. The van der Waals surface area contributed by atoms with Crippen LogP contribution in [-0.2, 0) is 0 Å². The van der Waals surface area contributed by atoms with Gasteiger partial charge >= 0.3 is 0 Å². The van der Waals surface area contributed by atoms with Crippen LogP contribution in [0.1, 0.15) is 0 Å². The van der Waals surface area contributed by atoms with Gasteiger partial charge in [-0.2, -0.15) is 0 Å². The molecule has 0 saturated heterocycles. The summed E-state index contributed by atoms with van der Waals surface area (Å²) in [5.74, 6) is 1.32. The maximum absolute atomic E-state index is 5.34. The summed E-state index contributed by atoms with van der Waals surface area (Å²) in [4.78, 5) is 21.1. The zero-order valence-corrected chi connectivity index (χ0v) is 38.2. The van der Waals surface area contributed by atoms with Gasteiger partial charge in [-0.05, 0) is 67.4 Å². The fraction of sp³-hybridized carbons (Fsp3) is 0. The number of rotatable bonds is 10. The maximum Gasteiger partial charge on any atom is 0.160 e. The van der Waals surface area contributed by atoms with E-state index >= 15 is 0 Å². The number of hydrogen-bond donors (Lipinski definition) is 0. The van der Waals surface area contributed by atoms with Crippen LogP contribution < -0.4 is 0 Å². The molecule has 328 valence electrons. The molecule has 12 rings (SSSR count). The van der Waals surface area contributed by atoms with Gasteiger partial charge in [0.2, 0.25) is 0 Å². The predicted octanol–water partition coefficient (Wildman–Crippen LogP) is 17.1. The fourth-order valence-electron chi connectivity index (χ4n) is 9.51. The van der Waals surface area contributed by atoms with Crippen molar-refractivity contribution in [2.45, 2.75) is 0 Å². The second kappa shape index (κ2) is 18.7. The van der Waals surface area contributed by atoms with E-state index in [1.54, 1.807) is 0 Å². The Balaban J connectivity index is 0.949. The molecular weight excluding hydrogens is 849 g/mol. The van der Waals surface area contributed by atoms with Crippen LogP contribution in [0.3, 0.4) is 0 Å². The summed E-state index contributed by atoms with van der Waals surface area (Å²) in [6.07, 6.45) is 0. The molecule has 0 atom stereocenters. The Bertz CT molecular complexity index is 3530. The van der Waals surface area contributed by atoms with E-state index in [4.69, 9.17) is 19.9 Å². The molecule has 0 fully saturated rings. The lowest BCUT2D eigenvalue weighted by Gasteiger charge is -2.15. The topological polar surface area (TPSA) is 51.6 Å². The van der Waals surface area contributed by atoms with E-state index in [1.165, 1.54) is 33.4 Å². The lowest BCUT2D eigenvalue weighted by molar-refractivity contribution is 1.18. The first-order valence-electron chi connectivity index (χ1n) is 23.6. The molecule has 4 heteroatoms. The number of benzene rings is 10. The van der Waals surface area contributed by atoms with Crippen molar-refractivity contribution >= 4 is 10.8 Å². The van der Waals surface area contributed by atoms with Crippen LogP contribution in [0.15, 0.2) is 267 Å². The van der Waals surface area contributed by atoms with E-state index in [0.717, 1.165) is 78.1 Å². The monoisotopic (exact) mass is 892 g/mol. The second-order valence-electron chi connectivity index (χ2n) is 17.3. The lowest BCUT2D eigenvalue weighted by atomic mass is 9.94. The van der Waals surface area contributed by atoms with Crippen molar-refractivity contribution in [1.29, 1.82) is 0 Å². The Kier molecular flexibility index (Phi) is 11.2. The highest BCUT2D eigenvalue weighted by Crippen LogP contribution is 2.39. The molecule has 0 unspecified atom stereocenters. The van der Waals surface area contributed by atoms with Crippen LogP contribution in [0.4, 0.5) is 0 Å². The molecule has 12 aromatic rings. The molecule has 0 aliphatic rings. The number of fused-ring (bicyclic) bond motifs is 1. The zero-order chi connectivity index (χ0) is 46.6. The van der Waals surface area contributed by atoms with Crippen LogP contribution in [0, 0.1) is 0 Å². The average Bonchev–Trinajstić information content (AvgIpc) is 3.45. The van der Waals surface area contributed by atoms with E-state index < -0.39 is 0 Å². The minimum Gasteiger partial charge on any atom is -0.228 e. The molecular formula is C66H44N4. The molecule has 0 spiro atoms. The summed E-state index contributed by atoms with van der Waals surface area (Å²) in [7, 11) is 0. The lowest BCUT2D eigenvalue weighted by Crippen LogP contribution is -1.98. The van der Waals surface area contributed by atoms with E-state index in [-0.39, 0.29) is 0 Å². The van der Waals surface area contributed by atoms with Gasteiger partial charge in [0, 0.05) is 33.4 Å². The summed E-state index contributed by atoms with van der Waals surface area (Å²) >= 11 is 0. The zero-order valence-electron chi connectivity index (χ0n) is 38.2. The predicted molar refractivity (Wildman–Crippen MR) is 289 cm³/mol. The van der Waals surface area contributed by atoms with Gasteiger partial charge in [-0.15, -0.1) is 0 Å². The third-order valence-corrected chi connectivity index (χ3v) is 13.0. The van der Waals surface area contributed by atoms with Gasteiger partial charge in [0.25, 0.3) is 0 Å². The van der Waals surface area contributed by atoms with Crippen molar-refractivity contribution in [3.63, 3.8) is 0 Å². The van der Waals surface area contributed by atoms with Gasteiger partial charge in [0.05, 0.1) is 22.8 Å². The van der Waals surface area contributed by atoms with Gasteiger partial charge in [0.15, 0.2) is 11.6 Å². The van der Waals surface area contributed by atoms with Crippen molar-refractivity contribution in [2.24, 2.45) is 0 Å². The second-order valence-corrected chi connectivity index (χ2v) is 17.3. The molecule has 0 aliphatic heterocycles. The van der Waals surface area contributed by atoms with Gasteiger partial charge in [-0.3, -0.25) is 0 Å². The molecule has 2 aromatic heterocycles. The number of aromatic nitrogens is 4. The van der Waals surface area contributed by atoms with E-state index in [1.807, 2.05) is 12.1 Å². The van der Waals surface area contributed by atoms with Crippen molar-refractivity contribution in [2.75, 3.05) is 0 Å². The highest BCUT2D eigenvalue weighted by atomic mass is 14.9. The Labute approximate surface area is 408 Å². The molecule has 0 amide bonds. The molecule has 10 aromatic carbocycles. The van der Waals surface area contributed by atoms with Crippen LogP contribution in [0.2, 0.25) is 0 Å². The van der Waals surface area contributed by atoms with Crippen molar-refractivity contribution in [3.05, 3.63) is 267 Å². The van der Waals surface area contributed by atoms with Crippen LogP contribution in [-0.4, -0.2) is 19.9 Å². The molecule has 4 nitrogen and oxygen atoms in total. The summed E-state index contributed by atoms with van der Waals surface area (Å²) in [6.45, 7) is 0.